The molecule has 2 atom stereocenters. The number of methoxy groups -OCH3 is 1. The van der Waals surface area contributed by atoms with Crippen molar-refractivity contribution in [2.75, 3.05) is 7.11 Å². The quantitative estimate of drug-likeness (QED) is 0.876. The van der Waals surface area contributed by atoms with Gasteiger partial charge < -0.3 is 10.1 Å². The fourth-order valence-corrected chi connectivity index (χ4v) is 4.10. The van der Waals surface area contributed by atoms with Gasteiger partial charge in [-0.3, -0.25) is 4.79 Å². The molecule has 0 fully saturated rings. The molecule has 2 aliphatic rings. The van der Waals surface area contributed by atoms with Gasteiger partial charge in [-0.1, -0.05) is 30.3 Å². The smallest absolute Gasteiger partial charge is 0.337 e. The maximum Gasteiger partial charge on any atom is 0.337 e. The number of hydrogen-bond acceptors (Lipinski definition) is 3. The van der Waals surface area contributed by atoms with Crippen molar-refractivity contribution in [2.45, 2.75) is 37.6 Å². The molecule has 1 amide bonds. The van der Waals surface area contributed by atoms with Crippen molar-refractivity contribution < 1.29 is 14.3 Å². The molecule has 0 heterocycles. The summed E-state index contributed by atoms with van der Waals surface area (Å²) in [5.74, 6) is -0.320. The first-order valence-electron chi connectivity index (χ1n) is 8.76. The van der Waals surface area contributed by atoms with Crippen molar-refractivity contribution in [1.82, 2.24) is 5.32 Å². The Bertz CT molecular complexity index is 843. The lowest BCUT2D eigenvalue weighted by Gasteiger charge is -2.18. The van der Waals surface area contributed by atoms with Crippen LogP contribution in [0.5, 0.6) is 0 Å². The first-order valence-corrected chi connectivity index (χ1v) is 8.76. The van der Waals surface area contributed by atoms with E-state index < -0.39 is 0 Å². The molecule has 0 bridgehead atoms. The van der Waals surface area contributed by atoms with Gasteiger partial charge in [0, 0.05) is 0 Å². The van der Waals surface area contributed by atoms with Crippen molar-refractivity contribution >= 4 is 11.9 Å². The van der Waals surface area contributed by atoms with Gasteiger partial charge >= 0.3 is 5.97 Å². The van der Waals surface area contributed by atoms with Crippen LogP contribution in [0.4, 0.5) is 0 Å². The molecule has 4 rings (SSSR count). The first-order chi connectivity index (χ1) is 12.2. The second kappa shape index (κ2) is 6.36. The van der Waals surface area contributed by atoms with E-state index in [0.717, 1.165) is 36.8 Å². The summed E-state index contributed by atoms with van der Waals surface area (Å²) in [6.07, 6.45) is 3.62. The zero-order chi connectivity index (χ0) is 17.4. The Morgan fingerprint density at radius 1 is 1.00 bits per heavy atom. The third kappa shape index (κ3) is 2.82. The van der Waals surface area contributed by atoms with Gasteiger partial charge in [0.1, 0.15) is 0 Å². The molecule has 4 heteroatoms. The number of hydrogen-bond donors (Lipinski definition) is 1. The SMILES string of the molecule is COC(=O)c1ccc2c(c1)[C@H](NC(=O)C1CCc3ccccc31)CC2. The molecule has 2 aliphatic carbocycles. The Morgan fingerprint density at radius 2 is 1.76 bits per heavy atom. The lowest BCUT2D eigenvalue weighted by Crippen LogP contribution is -2.31. The van der Waals surface area contributed by atoms with E-state index in [9.17, 15) is 9.59 Å². The van der Waals surface area contributed by atoms with E-state index in [1.165, 1.54) is 18.2 Å². The van der Waals surface area contributed by atoms with Crippen molar-refractivity contribution in [1.29, 1.82) is 0 Å². The number of esters is 1. The van der Waals surface area contributed by atoms with E-state index >= 15 is 0 Å². The molecule has 1 unspecified atom stereocenters. The third-order valence-electron chi connectivity index (χ3n) is 5.41. The summed E-state index contributed by atoms with van der Waals surface area (Å²) in [5.41, 5.74) is 5.21. The van der Waals surface area contributed by atoms with Crippen molar-refractivity contribution in [2.24, 2.45) is 0 Å². The molecular formula is C21H21NO3. The Kier molecular flexibility index (Phi) is 4.04. The Labute approximate surface area is 147 Å². The summed E-state index contributed by atoms with van der Waals surface area (Å²) >= 11 is 0. The average Bonchev–Trinajstić information content (AvgIpc) is 3.25. The Morgan fingerprint density at radius 3 is 2.60 bits per heavy atom. The lowest BCUT2D eigenvalue weighted by atomic mass is 9.99. The van der Waals surface area contributed by atoms with E-state index in [2.05, 4.69) is 17.4 Å². The molecule has 0 aliphatic heterocycles. The maximum atomic E-state index is 12.8. The fraction of sp³-hybridized carbons (Fsp3) is 0.333. The van der Waals surface area contributed by atoms with Gasteiger partial charge in [0.15, 0.2) is 0 Å². The summed E-state index contributed by atoms with van der Waals surface area (Å²) in [4.78, 5) is 24.6. The largest absolute Gasteiger partial charge is 0.465 e. The van der Waals surface area contributed by atoms with Gasteiger partial charge in [-0.2, -0.15) is 0 Å². The van der Waals surface area contributed by atoms with Crippen LogP contribution in [-0.2, 0) is 22.4 Å². The number of carbonyl (C=O) groups excluding carboxylic acids is 2. The highest BCUT2D eigenvalue weighted by molar-refractivity contribution is 5.90. The summed E-state index contributed by atoms with van der Waals surface area (Å²) in [7, 11) is 1.38. The van der Waals surface area contributed by atoms with Crippen LogP contribution in [0.2, 0.25) is 0 Å². The summed E-state index contributed by atoms with van der Waals surface area (Å²) in [6, 6.07) is 13.8. The average molecular weight is 335 g/mol. The molecule has 2 aromatic carbocycles. The van der Waals surface area contributed by atoms with Crippen LogP contribution in [0.3, 0.4) is 0 Å². The van der Waals surface area contributed by atoms with E-state index in [1.807, 2.05) is 24.3 Å². The number of nitrogens with one attached hydrogen (secondary N) is 1. The van der Waals surface area contributed by atoms with Crippen LogP contribution in [0, 0.1) is 0 Å². The van der Waals surface area contributed by atoms with E-state index in [1.54, 1.807) is 6.07 Å². The minimum Gasteiger partial charge on any atom is -0.465 e. The van der Waals surface area contributed by atoms with E-state index in [0.29, 0.717) is 5.56 Å². The van der Waals surface area contributed by atoms with Crippen molar-refractivity contribution in [3.63, 3.8) is 0 Å². The van der Waals surface area contributed by atoms with Crippen molar-refractivity contribution in [3.8, 4) is 0 Å². The topological polar surface area (TPSA) is 55.4 Å². The van der Waals surface area contributed by atoms with Crippen LogP contribution < -0.4 is 5.32 Å². The van der Waals surface area contributed by atoms with E-state index in [4.69, 9.17) is 4.74 Å². The number of amides is 1. The predicted molar refractivity (Wildman–Crippen MR) is 94.5 cm³/mol. The van der Waals surface area contributed by atoms with E-state index in [-0.39, 0.29) is 23.8 Å². The molecule has 1 N–H and O–H groups in total. The monoisotopic (exact) mass is 335 g/mol. The molecule has 25 heavy (non-hydrogen) atoms. The minimum absolute atomic E-state index is 0.0279. The van der Waals surface area contributed by atoms with Crippen LogP contribution in [0.1, 0.15) is 57.4 Å². The lowest BCUT2D eigenvalue weighted by molar-refractivity contribution is -0.123. The minimum atomic E-state index is -0.343. The highest BCUT2D eigenvalue weighted by atomic mass is 16.5. The van der Waals surface area contributed by atoms with Crippen molar-refractivity contribution in [3.05, 3.63) is 70.3 Å². The Hall–Kier alpha value is -2.62. The maximum absolute atomic E-state index is 12.8. The number of ether oxygens (including phenoxy) is 1. The number of carbonyl (C=O) groups is 2. The van der Waals surface area contributed by atoms with Crippen LogP contribution in [0.25, 0.3) is 0 Å². The number of fused-ring (bicyclic) bond motifs is 2. The molecular weight excluding hydrogens is 314 g/mol. The number of aryl methyl sites for hydroxylation is 2. The second-order valence-electron chi connectivity index (χ2n) is 6.80. The van der Waals surface area contributed by atoms with Gasteiger partial charge in [-0.25, -0.2) is 4.79 Å². The molecule has 0 spiro atoms. The van der Waals surface area contributed by atoms with Crippen LogP contribution in [0.15, 0.2) is 42.5 Å². The first kappa shape index (κ1) is 15.9. The van der Waals surface area contributed by atoms with Gasteiger partial charge in [-0.05, 0) is 60.1 Å². The van der Waals surface area contributed by atoms with Gasteiger partial charge in [0.25, 0.3) is 0 Å². The number of benzene rings is 2. The molecule has 4 nitrogen and oxygen atoms in total. The van der Waals surface area contributed by atoms with Crippen LogP contribution in [-0.4, -0.2) is 19.0 Å². The molecule has 0 saturated carbocycles. The molecule has 0 radical (unpaired) electrons. The summed E-state index contributed by atoms with van der Waals surface area (Å²) in [6.45, 7) is 0. The summed E-state index contributed by atoms with van der Waals surface area (Å²) in [5, 5.41) is 3.21. The Balaban J connectivity index is 1.54. The van der Waals surface area contributed by atoms with Crippen LogP contribution >= 0.6 is 0 Å². The highest BCUT2D eigenvalue weighted by Gasteiger charge is 2.32. The zero-order valence-corrected chi connectivity index (χ0v) is 14.2. The van der Waals surface area contributed by atoms with Gasteiger partial charge in [0.2, 0.25) is 5.91 Å². The zero-order valence-electron chi connectivity index (χ0n) is 14.2. The third-order valence-corrected chi connectivity index (χ3v) is 5.41. The standard InChI is InChI=1S/C21H21NO3/c1-25-21(24)15-7-6-14-9-11-19(18(14)12-15)22-20(23)17-10-8-13-4-2-3-5-16(13)17/h2-7,12,17,19H,8-11H2,1H3,(H,22,23)/t17?,19-/m1/s1. The highest BCUT2D eigenvalue weighted by Crippen LogP contribution is 2.36. The molecule has 2 aromatic rings. The normalized spacial score (nSPS) is 20.7. The molecule has 0 aromatic heterocycles. The predicted octanol–water partition coefficient (Wildman–Crippen LogP) is 3.31. The molecule has 0 saturated heterocycles. The fourth-order valence-electron chi connectivity index (χ4n) is 4.10. The molecule has 128 valence electrons. The van der Waals surface area contributed by atoms with Gasteiger partial charge in [0.05, 0.1) is 24.6 Å². The summed E-state index contributed by atoms with van der Waals surface area (Å²) < 4.78 is 4.81. The van der Waals surface area contributed by atoms with Gasteiger partial charge in [-0.15, -0.1) is 0 Å². The second-order valence-corrected chi connectivity index (χ2v) is 6.80. The number of rotatable bonds is 3.